The summed E-state index contributed by atoms with van der Waals surface area (Å²) < 4.78 is 32.4. The van der Waals surface area contributed by atoms with E-state index in [0.717, 1.165) is 0 Å². The Morgan fingerprint density at radius 1 is 1.06 bits per heavy atom. The number of esters is 1. The molecule has 1 saturated heterocycles. The van der Waals surface area contributed by atoms with Gasteiger partial charge in [0.05, 0.1) is 22.2 Å². The largest absolute Gasteiger partial charge is 0.459 e. The van der Waals surface area contributed by atoms with Crippen molar-refractivity contribution < 1.29 is 22.7 Å². The number of sulfonamides is 1. The van der Waals surface area contributed by atoms with Crippen molar-refractivity contribution in [1.82, 2.24) is 9.29 Å². The molecule has 3 aromatic rings. The van der Waals surface area contributed by atoms with E-state index in [4.69, 9.17) is 4.74 Å². The lowest BCUT2D eigenvalue weighted by atomic mass is 9.98. The summed E-state index contributed by atoms with van der Waals surface area (Å²) in [5.74, 6) is -0.891. The minimum atomic E-state index is -3.56. The number of piperidine rings is 1. The number of para-hydroxylation sites is 1. The van der Waals surface area contributed by atoms with Gasteiger partial charge in [-0.25, -0.2) is 13.4 Å². The lowest BCUT2D eigenvalue weighted by Gasteiger charge is -2.30. The van der Waals surface area contributed by atoms with Gasteiger partial charge in [0, 0.05) is 25.4 Å². The van der Waals surface area contributed by atoms with Crippen LogP contribution in [0.3, 0.4) is 0 Å². The van der Waals surface area contributed by atoms with Crippen molar-refractivity contribution in [3.8, 4) is 0 Å². The maximum Gasteiger partial charge on any atom is 0.309 e. The Bertz CT molecular complexity index is 1240. The normalized spacial score (nSPS) is 15.1. The molecule has 0 bridgehead atoms. The molecule has 1 aromatic heterocycles. The lowest BCUT2D eigenvalue weighted by Crippen LogP contribution is -2.40. The number of nitrogens with zero attached hydrogens (tertiary/aromatic N) is 3. The first kappa shape index (κ1) is 24.1. The van der Waals surface area contributed by atoms with Gasteiger partial charge in [-0.2, -0.15) is 4.31 Å². The van der Waals surface area contributed by atoms with E-state index in [2.05, 4.69) is 4.98 Å². The Labute approximate surface area is 202 Å². The van der Waals surface area contributed by atoms with E-state index in [-0.39, 0.29) is 42.4 Å². The van der Waals surface area contributed by atoms with Crippen LogP contribution in [0.2, 0.25) is 0 Å². The van der Waals surface area contributed by atoms with Crippen LogP contribution in [0.25, 0.3) is 0 Å². The van der Waals surface area contributed by atoms with E-state index in [1.54, 1.807) is 35.7 Å². The molecule has 178 valence electrons. The van der Waals surface area contributed by atoms with Crippen LogP contribution >= 0.6 is 11.3 Å². The average molecular weight is 500 g/mol. The Kier molecular flexibility index (Phi) is 7.40. The highest BCUT2D eigenvalue weighted by atomic mass is 32.2. The van der Waals surface area contributed by atoms with Gasteiger partial charge in [-0.1, -0.05) is 36.4 Å². The Morgan fingerprint density at radius 2 is 1.68 bits per heavy atom. The molecule has 0 spiro atoms. The summed E-state index contributed by atoms with van der Waals surface area (Å²) in [5, 5.41) is 2.26. The van der Waals surface area contributed by atoms with E-state index < -0.39 is 10.0 Å². The van der Waals surface area contributed by atoms with Gasteiger partial charge >= 0.3 is 5.97 Å². The molecule has 8 nitrogen and oxygen atoms in total. The second kappa shape index (κ2) is 10.5. The van der Waals surface area contributed by atoms with Crippen molar-refractivity contribution in [2.45, 2.75) is 31.3 Å². The Morgan fingerprint density at radius 3 is 2.29 bits per heavy atom. The third-order valence-electron chi connectivity index (χ3n) is 5.59. The number of anilines is 2. The van der Waals surface area contributed by atoms with Crippen molar-refractivity contribution in [2.75, 3.05) is 18.0 Å². The van der Waals surface area contributed by atoms with Crippen LogP contribution in [0.15, 0.2) is 70.9 Å². The second-order valence-corrected chi connectivity index (χ2v) is 10.7. The highest BCUT2D eigenvalue weighted by molar-refractivity contribution is 7.89. The zero-order valence-electron chi connectivity index (χ0n) is 18.7. The first-order chi connectivity index (χ1) is 16.4. The molecule has 0 radical (unpaired) electrons. The number of carbonyl (C=O) groups is 2. The molecule has 0 atom stereocenters. The number of carbonyl (C=O) groups excluding carboxylic acids is 2. The van der Waals surface area contributed by atoms with Crippen molar-refractivity contribution in [1.29, 1.82) is 0 Å². The van der Waals surface area contributed by atoms with Crippen LogP contribution in [0, 0.1) is 5.92 Å². The van der Waals surface area contributed by atoms with Crippen LogP contribution in [0.5, 0.6) is 0 Å². The summed E-state index contributed by atoms with van der Waals surface area (Å²) in [6, 6.07) is 17.5. The number of benzene rings is 2. The molecule has 34 heavy (non-hydrogen) atoms. The van der Waals surface area contributed by atoms with Gasteiger partial charge < -0.3 is 4.74 Å². The molecule has 1 aliphatic heterocycles. The smallest absolute Gasteiger partial charge is 0.309 e. The summed E-state index contributed by atoms with van der Waals surface area (Å²) in [6.07, 6.45) is 0.804. The van der Waals surface area contributed by atoms with Crippen molar-refractivity contribution in [3.63, 3.8) is 0 Å². The first-order valence-electron chi connectivity index (χ1n) is 10.9. The summed E-state index contributed by atoms with van der Waals surface area (Å²) in [7, 11) is -3.56. The molecule has 1 aliphatic rings. The fourth-order valence-electron chi connectivity index (χ4n) is 3.81. The number of thiazole rings is 1. The topological polar surface area (TPSA) is 96.9 Å². The van der Waals surface area contributed by atoms with Gasteiger partial charge in [-0.15, -0.1) is 11.3 Å². The van der Waals surface area contributed by atoms with E-state index in [9.17, 15) is 18.0 Å². The predicted octanol–water partition coefficient (Wildman–Crippen LogP) is 3.97. The molecule has 0 N–H and O–H groups in total. The maximum absolute atomic E-state index is 12.8. The Balaban J connectivity index is 1.32. The van der Waals surface area contributed by atoms with E-state index in [1.165, 1.54) is 27.5 Å². The fraction of sp³-hybridized carbons (Fsp3) is 0.292. The number of aromatic nitrogens is 1. The van der Waals surface area contributed by atoms with Crippen LogP contribution < -0.4 is 4.90 Å². The maximum atomic E-state index is 12.8. The summed E-state index contributed by atoms with van der Waals surface area (Å²) in [6.45, 7) is 2.00. The molecule has 4 rings (SSSR count). The monoisotopic (exact) mass is 499 g/mol. The van der Waals surface area contributed by atoms with Gasteiger partial charge in [0.2, 0.25) is 15.9 Å². The fourth-order valence-corrected chi connectivity index (χ4v) is 6.17. The third-order valence-corrected chi connectivity index (χ3v) is 8.38. The van der Waals surface area contributed by atoms with Crippen LogP contribution in [0.1, 0.15) is 25.5 Å². The zero-order valence-corrected chi connectivity index (χ0v) is 20.3. The molecule has 1 amide bonds. The van der Waals surface area contributed by atoms with E-state index in [1.807, 2.05) is 30.3 Å². The molecule has 1 fully saturated rings. The van der Waals surface area contributed by atoms with Gasteiger partial charge in [0.15, 0.2) is 5.13 Å². The van der Waals surface area contributed by atoms with Gasteiger partial charge in [-0.05, 0) is 37.1 Å². The molecule has 10 heteroatoms. The summed E-state index contributed by atoms with van der Waals surface area (Å²) in [4.78, 5) is 31.0. The summed E-state index contributed by atoms with van der Waals surface area (Å²) >= 11 is 1.30. The number of hydrogen-bond acceptors (Lipinski definition) is 7. The average Bonchev–Trinajstić information content (AvgIpc) is 3.32. The number of ether oxygens (including phenoxy) is 1. The van der Waals surface area contributed by atoms with Crippen molar-refractivity contribution in [3.05, 3.63) is 71.7 Å². The highest BCUT2D eigenvalue weighted by Crippen LogP contribution is 2.29. The van der Waals surface area contributed by atoms with Gasteiger partial charge in [0.25, 0.3) is 0 Å². The van der Waals surface area contributed by atoms with Crippen molar-refractivity contribution in [2.24, 2.45) is 5.92 Å². The molecule has 2 heterocycles. The zero-order chi connectivity index (χ0) is 24.1. The highest BCUT2D eigenvalue weighted by Gasteiger charge is 2.32. The van der Waals surface area contributed by atoms with Gasteiger partial charge in [0.1, 0.15) is 6.61 Å². The Hall–Kier alpha value is -3.08. The summed E-state index contributed by atoms with van der Waals surface area (Å²) in [5.41, 5.74) is 1.27. The van der Waals surface area contributed by atoms with Crippen molar-refractivity contribution >= 4 is 44.1 Å². The van der Waals surface area contributed by atoms with Gasteiger partial charge in [-0.3, -0.25) is 14.5 Å². The SMILES string of the molecule is CC(=O)N(c1ccccc1)c1nc(COC(=O)C2CCN(S(=O)(=O)c3ccccc3)CC2)cs1. The minimum Gasteiger partial charge on any atom is -0.459 e. The minimum absolute atomic E-state index is 0.00159. The van der Waals surface area contributed by atoms with Crippen LogP contribution in [-0.2, 0) is 31.0 Å². The lowest BCUT2D eigenvalue weighted by molar-refractivity contribution is -0.151. The van der Waals surface area contributed by atoms with E-state index in [0.29, 0.717) is 29.4 Å². The third kappa shape index (κ3) is 5.35. The molecule has 0 saturated carbocycles. The molecular weight excluding hydrogens is 474 g/mol. The number of rotatable bonds is 7. The first-order valence-corrected chi connectivity index (χ1v) is 13.2. The molecule has 0 unspecified atom stereocenters. The molecule has 0 aliphatic carbocycles. The number of amides is 1. The number of hydrogen-bond donors (Lipinski definition) is 0. The predicted molar refractivity (Wildman–Crippen MR) is 129 cm³/mol. The molecule has 2 aromatic carbocycles. The standard InChI is InChI=1S/C24H25N3O5S2/c1-18(28)27(21-8-4-2-5-9-21)24-25-20(17-33-24)16-32-23(29)19-12-14-26(15-13-19)34(30,31)22-10-6-3-7-11-22/h2-11,17,19H,12-16H2,1H3. The van der Waals surface area contributed by atoms with Crippen LogP contribution in [-0.4, -0.2) is 42.7 Å². The van der Waals surface area contributed by atoms with Crippen LogP contribution in [0.4, 0.5) is 10.8 Å². The molecular formula is C24H25N3O5S2. The second-order valence-electron chi connectivity index (χ2n) is 7.91. The van der Waals surface area contributed by atoms with E-state index >= 15 is 0 Å². The quantitative estimate of drug-likeness (QED) is 0.457.